The highest BCUT2D eigenvalue weighted by Crippen LogP contribution is 2.30. The molecule has 1 fully saturated rings. The molecule has 0 spiro atoms. The fourth-order valence-electron chi connectivity index (χ4n) is 3.92. The zero-order valence-corrected chi connectivity index (χ0v) is 17.5. The molecule has 0 unspecified atom stereocenters. The topological polar surface area (TPSA) is 35.6 Å². The molecule has 150 valence electrons. The average Bonchev–Trinajstić information content (AvgIpc) is 2.74. The van der Waals surface area contributed by atoms with E-state index in [4.69, 9.17) is 11.6 Å². The Bertz CT molecular complexity index is 1010. The summed E-state index contributed by atoms with van der Waals surface area (Å²) in [5.41, 5.74) is 2.83. The number of carbonyl (C=O) groups excluding carboxylic acids is 1. The molecule has 4 nitrogen and oxygen atoms in total. The summed E-state index contributed by atoms with van der Waals surface area (Å²) in [4.78, 5) is 17.5. The Labute approximate surface area is 177 Å². The molecule has 1 aliphatic heterocycles. The number of fused-ring (bicyclic) bond motifs is 1. The van der Waals surface area contributed by atoms with Gasteiger partial charge in [0.15, 0.2) is 0 Å². The number of rotatable bonds is 5. The van der Waals surface area contributed by atoms with Crippen molar-refractivity contribution in [3.63, 3.8) is 0 Å². The normalized spacial score (nSPS) is 14.9. The first-order chi connectivity index (χ1) is 14.1. The molecule has 29 heavy (non-hydrogen) atoms. The maximum Gasteiger partial charge on any atom is 0.228 e. The van der Waals surface area contributed by atoms with Crippen molar-refractivity contribution in [3.8, 4) is 0 Å². The predicted molar refractivity (Wildman–Crippen MR) is 122 cm³/mol. The smallest absolute Gasteiger partial charge is 0.228 e. The van der Waals surface area contributed by atoms with E-state index in [1.807, 2.05) is 36.4 Å². The van der Waals surface area contributed by atoms with Gasteiger partial charge in [0.2, 0.25) is 5.91 Å². The van der Waals surface area contributed by atoms with E-state index in [9.17, 15) is 4.79 Å². The summed E-state index contributed by atoms with van der Waals surface area (Å²) in [7, 11) is 0. The van der Waals surface area contributed by atoms with E-state index in [1.54, 1.807) is 0 Å². The van der Waals surface area contributed by atoms with Crippen molar-refractivity contribution in [2.45, 2.75) is 13.3 Å². The molecule has 3 aromatic carbocycles. The molecule has 5 heteroatoms. The summed E-state index contributed by atoms with van der Waals surface area (Å²) < 4.78 is 0. The second kappa shape index (κ2) is 8.85. The predicted octanol–water partition coefficient (Wildman–Crippen LogP) is 4.82. The lowest BCUT2D eigenvalue weighted by molar-refractivity contribution is -0.115. The molecule has 1 aliphatic rings. The Hall–Kier alpha value is -2.56. The SMILES string of the molecule is CCN1CCN(c2ccc(Cl)cc2NC(=O)Cc2ccc3ccccc3c2)CC1. The molecule has 3 aromatic rings. The summed E-state index contributed by atoms with van der Waals surface area (Å²) in [6, 6.07) is 20.1. The summed E-state index contributed by atoms with van der Waals surface area (Å²) >= 11 is 6.23. The Balaban J connectivity index is 1.49. The van der Waals surface area contributed by atoms with Gasteiger partial charge >= 0.3 is 0 Å². The van der Waals surface area contributed by atoms with Crippen LogP contribution in [0.4, 0.5) is 11.4 Å². The number of anilines is 2. The van der Waals surface area contributed by atoms with Gasteiger partial charge in [0.05, 0.1) is 17.8 Å². The van der Waals surface area contributed by atoms with E-state index in [1.165, 1.54) is 5.39 Å². The second-order valence-electron chi connectivity index (χ2n) is 7.49. The Morgan fingerprint density at radius 3 is 2.48 bits per heavy atom. The summed E-state index contributed by atoms with van der Waals surface area (Å²) in [6.45, 7) is 7.22. The van der Waals surface area contributed by atoms with E-state index < -0.39 is 0 Å². The Morgan fingerprint density at radius 1 is 0.966 bits per heavy atom. The lowest BCUT2D eigenvalue weighted by atomic mass is 10.0. The molecule has 1 saturated heterocycles. The highest BCUT2D eigenvalue weighted by Gasteiger charge is 2.19. The van der Waals surface area contributed by atoms with Crippen molar-refractivity contribution in [2.75, 3.05) is 42.9 Å². The van der Waals surface area contributed by atoms with Crippen LogP contribution in [0.2, 0.25) is 5.02 Å². The Kier molecular flexibility index (Phi) is 6.02. The van der Waals surface area contributed by atoms with Crippen molar-refractivity contribution in [2.24, 2.45) is 0 Å². The van der Waals surface area contributed by atoms with E-state index >= 15 is 0 Å². The van der Waals surface area contributed by atoms with Crippen LogP contribution in [0.15, 0.2) is 60.7 Å². The second-order valence-corrected chi connectivity index (χ2v) is 7.93. The first-order valence-electron chi connectivity index (χ1n) is 10.2. The number of likely N-dealkylation sites (N-methyl/N-ethyl adjacent to an activating group) is 1. The number of nitrogens with zero attached hydrogens (tertiary/aromatic N) is 2. The number of hydrogen-bond donors (Lipinski definition) is 1. The van der Waals surface area contributed by atoms with Gasteiger partial charge in [-0.15, -0.1) is 0 Å². The van der Waals surface area contributed by atoms with Crippen LogP contribution in [0.3, 0.4) is 0 Å². The van der Waals surface area contributed by atoms with Crippen molar-refractivity contribution in [1.29, 1.82) is 0 Å². The number of carbonyl (C=O) groups is 1. The average molecular weight is 408 g/mol. The first-order valence-corrected chi connectivity index (χ1v) is 10.5. The zero-order valence-electron chi connectivity index (χ0n) is 16.7. The van der Waals surface area contributed by atoms with Gasteiger partial charge in [0, 0.05) is 31.2 Å². The van der Waals surface area contributed by atoms with Gasteiger partial charge in [-0.2, -0.15) is 0 Å². The summed E-state index contributed by atoms with van der Waals surface area (Å²) in [5.74, 6) is -0.0315. The van der Waals surface area contributed by atoms with Gasteiger partial charge in [0.1, 0.15) is 0 Å². The van der Waals surface area contributed by atoms with E-state index in [0.717, 1.165) is 55.0 Å². The maximum atomic E-state index is 12.8. The number of amides is 1. The van der Waals surface area contributed by atoms with Crippen LogP contribution in [-0.4, -0.2) is 43.5 Å². The van der Waals surface area contributed by atoms with Gasteiger partial charge < -0.3 is 15.1 Å². The van der Waals surface area contributed by atoms with Crippen molar-refractivity contribution >= 4 is 39.7 Å². The van der Waals surface area contributed by atoms with Crippen LogP contribution in [0.5, 0.6) is 0 Å². The largest absolute Gasteiger partial charge is 0.367 e. The molecular weight excluding hydrogens is 382 g/mol. The molecule has 1 N–H and O–H groups in total. The van der Waals surface area contributed by atoms with Gasteiger partial charge in [-0.05, 0) is 41.1 Å². The standard InChI is InChI=1S/C24H26ClN3O/c1-2-27-11-13-28(14-12-27)23-10-9-21(25)17-22(23)26-24(29)16-18-7-8-19-5-3-4-6-20(19)15-18/h3-10,15,17H,2,11-14,16H2,1H3,(H,26,29). The Morgan fingerprint density at radius 2 is 1.72 bits per heavy atom. The minimum Gasteiger partial charge on any atom is -0.367 e. The van der Waals surface area contributed by atoms with Crippen LogP contribution in [0.1, 0.15) is 12.5 Å². The minimum absolute atomic E-state index is 0.0315. The fourth-order valence-corrected chi connectivity index (χ4v) is 4.09. The van der Waals surface area contributed by atoms with Crippen LogP contribution < -0.4 is 10.2 Å². The van der Waals surface area contributed by atoms with Gasteiger partial charge in [0.25, 0.3) is 0 Å². The van der Waals surface area contributed by atoms with E-state index in [2.05, 4.69) is 46.3 Å². The number of halogens is 1. The fraction of sp³-hybridized carbons (Fsp3) is 0.292. The van der Waals surface area contributed by atoms with Gasteiger partial charge in [-0.3, -0.25) is 4.79 Å². The van der Waals surface area contributed by atoms with E-state index in [0.29, 0.717) is 11.4 Å². The molecule has 1 amide bonds. The lowest BCUT2D eigenvalue weighted by Crippen LogP contribution is -2.46. The number of piperazine rings is 1. The molecule has 4 rings (SSSR count). The third kappa shape index (κ3) is 4.72. The van der Waals surface area contributed by atoms with Crippen LogP contribution in [-0.2, 0) is 11.2 Å². The van der Waals surface area contributed by atoms with Crippen LogP contribution in [0, 0.1) is 0 Å². The number of benzene rings is 3. The molecule has 0 bridgehead atoms. The van der Waals surface area contributed by atoms with Gasteiger partial charge in [-0.25, -0.2) is 0 Å². The van der Waals surface area contributed by atoms with Crippen molar-refractivity contribution in [1.82, 2.24) is 4.90 Å². The highest BCUT2D eigenvalue weighted by atomic mass is 35.5. The first kappa shape index (κ1) is 19.7. The van der Waals surface area contributed by atoms with Crippen molar-refractivity contribution in [3.05, 3.63) is 71.2 Å². The van der Waals surface area contributed by atoms with Crippen LogP contribution in [0.25, 0.3) is 10.8 Å². The van der Waals surface area contributed by atoms with E-state index in [-0.39, 0.29) is 5.91 Å². The summed E-state index contributed by atoms with van der Waals surface area (Å²) in [6.07, 6.45) is 0.334. The lowest BCUT2D eigenvalue weighted by Gasteiger charge is -2.36. The third-order valence-electron chi connectivity index (χ3n) is 5.57. The monoisotopic (exact) mass is 407 g/mol. The quantitative estimate of drug-likeness (QED) is 0.658. The molecule has 0 aromatic heterocycles. The molecule has 0 atom stereocenters. The molecule has 1 heterocycles. The summed E-state index contributed by atoms with van der Waals surface area (Å²) in [5, 5.41) is 6.05. The third-order valence-corrected chi connectivity index (χ3v) is 5.81. The molecular formula is C24H26ClN3O. The molecule has 0 aliphatic carbocycles. The van der Waals surface area contributed by atoms with Gasteiger partial charge in [-0.1, -0.05) is 61.0 Å². The van der Waals surface area contributed by atoms with Crippen molar-refractivity contribution < 1.29 is 4.79 Å². The molecule has 0 saturated carbocycles. The number of nitrogens with one attached hydrogen (secondary N) is 1. The molecule has 0 radical (unpaired) electrons. The van der Waals surface area contributed by atoms with Crippen LogP contribution >= 0.6 is 11.6 Å². The minimum atomic E-state index is -0.0315. The number of hydrogen-bond acceptors (Lipinski definition) is 3. The highest BCUT2D eigenvalue weighted by molar-refractivity contribution is 6.31. The maximum absolute atomic E-state index is 12.8. The zero-order chi connectivity index (χ0) is 20.2.